The largest absolute Gasteiger partial charge is 0.311 e. The lowest BCUT2D eigenvalue weighted by molar-refractivity contribution is 0.528. The van der Waals surface area contributed by atoms with E-state index in [1.807, 2.05) is 20.2 Å². The van der Waals surface area contributed by atoms with Crippen molar-refractivity contribution in [1.82, 2.24) is 20.1 Å². The maximum absolute atomic E-state index is 4.63. The highest BCUT2D eigenvalue weighted by molar-refractivity contribution is 9.10. The molecular formula is C16H23BrN4. The quantitative estimate of drug-likeness (QED) is 0.897. The summed E-state index contributed by atoms with van der Waals surface area (Å²) in [5.74, 6) is 0. The number of halogens is 1. The highest BCUT2D eigenvalue weighted by Crippen LogP contribution is 2.27. The lowest BCUT2D eigenvalue weighted by Crippen LogP contribution is -2.22. The summed E-state index contributed by atoms with van der Waals surface area (Å²) in [6.07, 6.45) is 2.80. The van der Waals surface area contributed by atoms with E-state index in [2.05, 4.69) is 62.8 Å². The van der Waals surface area contributed by atoms with Gasteiger partial charge in [0.25, 0.3) is 0 Å². The number of hydrogen-bond acceptors (Lipinski definition) is 3. The van der Waals surface area contributed by atoms with Crippen molar-refractivity contribution in [3.8, 4) is 0 Å². The number of nitrogens with one attached hydrogen (secondary N) is 1. The first kappa shape index (κ1) is 16.2. The van der Waals surface area contributed by atoms with Crippen LogP contribution < -0.4 is 5.32 Å². The number of aromatic nitrogens is 3. The Balaban J connectivity index is 2.35. The van der Waals surface area contributed by atoms with Crippen molar-refractivity contribution in [3.05, 3.63) is 44.9 Å². The topological polar surface area (TPSA) is 42.7 Å². The van der Waals surface area contributed by atoms with Crippen molar-refractivity contribution < 1.29 is 0 Å². The second-order valence-electron chi connectivity index (χ2n) is 5.42. The van der Waals surface area contributed by atoms with Gasteiger partial charge in [0, 0.05) is 19.2 Å². The van der Waals surface area contributed by atoms with Crippen molar-refractivity contribution >= 4 is 15.9 Å². The Bertz CT molecular complexity index is 633. The molecule has 0 aliphatic carbocycles. The van der Waals surface area contributed by atoms with Crippen molar-refractivity contribution in [2.24, 2.45) is 0 Å². The van der Waals surface area contributed by atoms with Crippen LogP contribution in [0.2, 0.25) is 0 Å². The molecule has 2 aromatic heterocycles. The third-order valence-corrected chi connectivity index (χ3v) is 4.82. The summed E-state index contributed by atoms with van der Waals surface area (Å²) in [5, 5.41) is 7.96. The Hall–Kier alpha value is -1.20. The van der Waals surface area contributed by atoms with E-state index in [4.69, 9.17) is 0 Å². The van der Waals surface area contributed by atoms with Gasteiger partial charge >= 0.3 is 0 Å². The van der Waals surface area contributed by atoms with E-state index < -0.39 is 0 Å². The van der Waals surface area contributed by atoms with Crippen molar-refractivity contribution in [3.63, 3.8) is 0 Å². The molecule has 0 saturated carbocycles. The molecule has 5 heteroatoms. The fraction of sp³-hybridized carbons (Fsp3) is 0.500. The summed E-state index contributed by atoms with van der Waals surface area (Å²) < 4.78 is 3.17. The molecule has 0 saturated heterocycles. The summed E-state index contributed by atoms with van der Waals surface area (Å²) >= 11 is 3.67. The van der Waals surface area contributed by atoms with E-state index >= 15 is 0 Å². The molecule has 4 nitrogen and oxygen atoms in total. The molecule has 1 N–H and O–H groups in total. The number of pyridine rings is 1. The highest BCUT2D eigenvalue weighted by Gasteiger charge is 2.20. The molecule has 21 heavy (non-hydrogen) atoms. The molecule has 0 aliphatic rings. The van der Waals surface area contributed by atoms with E-state index in [9.17, 15) is 0 Å². The molecule has 2 rings (SSSR count). The number of likely N-dealkylation sites (N-methyl/N-ethyl adjacent to an activating group) is 1. The Morgan fingerprint density at radius 1 is 1.33 bits per heavy atom. The van der Waals surface area contributed by atoms with Crippen molar-refractivity contribution in [2.45, 2.75) is 46.7 Å². The van der Waals surface area contributed by atoms with Gasteiger partial charge in [-0.05, 0) is 61.8 Å². The Labute approximate surface area is 135 Å². The van der Waals surface area contributed by atoms with Gasteiger partial charge in [0.1, 0.15) is 0 Å². The average Bonchev–Trinajstić information content (AvgIpc) is 2.72. The molecule has 0 fully saturated rings. The minimum Gasteiger partial charge on any atom is -0.311 e. The Morgan fingerprint density at radius 2 is 2.05 bits per heavy atom. The summed E-state index contributed by atoms with van der Waals surface area (Å²) in [5.41, 5.74) is 5.79. The first-order valence-electron chi connectivity index (χ1n) is 7.30. The molecule has 0 aliphatic heterocycles. The van der Waals surface area contributed by atoms with E-state index in [0.717, 1.165) is 28.8 Å². The van der Waals surface area contributed by atoms with Gasteiger partial charge in [0.15, 0.2) is 0 Å². The van der Waals surface area contributed by atoms with Crippen LogP contribution in [-0.2, 0) is 13.0 Å². The predicted molar refractivity (Wildman–Crippen MR) is 89.6 cm³/mol. The Kier molecular flexibility index (Phi) is 5.17. The molecule has 0 bridgehead atoms. The molecule has 0 spiro atoms. The van der Waals surface area contributed by atoms with Crippen LogP contribution in [0.15, 0.2) is 16.7 Å². The van der Waals surface area contributed by atoms with Crippen molar-refractivity contribution in [1.29, 1.82) is 0 Å². The molecular weight excluding hydrogens is 328 g/mol. The van der Waals surface area contributed by atoms with E-state index in [-0.39, 0.29) is 6.04 Å². The molecule has 2 aromatic rings. The van der Waals surface area contributed by atoms with Gasteiger partial charge in [-0.3, -0.25) is 9.67 Å². The lowest BCUT2D eigenvalue weighted by atomic mass is 10.0. The maximum Gasteiger partial charge on any atom is 0.0738 e. The average molecular weight is 351 g/mol. The molecule has 114 valence electrons. The summed E-state index contributed by atoms with van der Waals surface area (Å²) in [6.45, 7) is 9.22. The maximum atomic E-state index is 4.63. The minimum atomic E-state index is 0.184. The summed E-state index contributed by atoms with van der Waals surface area (Å²) in [7, 11) is 1.99. The molecule has 1 unspecified atom stereocenters. The lowest BCUT2D eigenvalue weighted by Gasteiger charge is -2.19. The third-order valence-electron chi connectivity index (χ3n) is 3.78. The van der Waals surface area contributed by atoms with Gasteiger partial charge < -0.3 is 5.32 Å². The molecule has 2 heterocycles. The first-order valence-corrected chi connectivity index (χ1v) is 8.09. The van der Waals surface area contributed by atoms with Crippen LogP contribution in [0.4, 0.5) is 0 Å². The number of hydrogen-bond donors (Lipinski definition) is 1. The van der Waals surface area contributed by atoms with Crippen LogP contribution in [0, 0.1) is 20.8 Å². The fourth-order valence-corrected chi connectivity index (χ4v) is 3.13. The number of aryl methyl sites for hydroxylation is 4. The van der Waals surface area contributed by atoms with Crippen LogP contribution >= 0.6 is 15.9 Å². The SMILES string of the molecule is CCn1nc(C)c(Br)c1CC(NC)c1ncc(C)cc1C. The zero-order chi connectivity index (χ0) is 15.6. The zero-order valence-electron chi connectivity index (χ0n) is 13.4. The van der Waals surface area contributed by atoms with Gasteiger partial charge in [-0.2, -0.15) is 5.10 Å². The zero-order valence-corrected chi connectivity index (χ0v) is 15.0. The second-order valence-corrected chi connectivity index (χ2v) is 6.22. The van der Waals surface area contributed by atoms with Crippen molar-refractivity contribution in [2.75, 3.05) is 7.05 Å². The van der Waals surface area contributed by atoms with Crippen LogP contribution in [0.1, 0.15) is 41.2 Å². The number of rotatable bonds is 5. The molecule has 0 radical (unpaired) electrons. The molecule has 0 amide bonds. The van der Waals surface area contributed by atoms with E-state index in [1.54, 1.807) is 0 Å². The van der Waals surface area contributed by atoms with Gasteiger partial charge in [-0.25, -0.2) is 0 Å². The normalized spacial score (nSPS) is 12.7. The van der Waals surface area contributed by atoms with Crippen LogP contribution in [0.3, 0.4) is 0 Å². The second kappa shape index (κ2) is 6.71. The van der Waals surface area contributed by atoms with Gasteiger partial charge in [0.05, 0.1) is 27.6 Å². The first-order chi connectivity index (χ1) is 9.97. The standard InChI is InChI=1S/C16H23BrN4/c1-6-21-14(15(17)12(4)20-21)8-13(18-5)16-11(3)7-10(2)9-19-16/h7,9,13,18H,6,8H2,1-5H3. The summed E-state index contributed by atoms with van der Waals surface area (Å²) in [6, 6.07) is 2.37. The van der Waals surface area contributed by atoms with Crippen LogP contribution in [0.25, 0.3) is 0 Å². The van der Waals surface area contributed by atoms with Crippen LogP contribution in [-0.4, -0.2) is 21.8 Å². The van der Waals surface area contributed by atoms with Gasteiger partial charge in [0.2, 0.25) is 0 Å². The van der Waals surface area contributed by atoms with E-state index in [0.29, 0.717) is 0 Å². The van der Waals surface area contributed by atoms with E-state index in [1.165, 1.54) is 16.8 Å². The van der Waals surface area contributed by atoms with Gasteiger partial charge in [-0.1, -0.05) is 6.07 Å². The van der Waals surface area contributed by atoms with Gasteiger partial charge in [-0.15, -0.1) is 0 Å². The highest BCUT2D eigenvalue weighted by atomic mass is 79.9. The monoisotopic (exact) mass is 350 g/mol. The summed E-state index contributed by atoms with van der Waals surface area (Å²) in [4.78, 5) is 4.63. The Morgan fingerprint density at radius 3 is 2.62 bits per heavy atom. The third kappa shape index (κ3) is 3.35. The fourth-order valence-electron chi connectivity index (χ4n) is 2.68. The molecule has 0 aromatic carbocycles. The predicted octanol–water partition coefficient (Wildman–Crippen LogP) is 3.49. The molecule has 1 atom stereocenters. The van der Waals surface area contributed by atoms with Crippen LogP contribution in [0.5, 0.6) is 0 Å². The minimum absolute atomic E-state index is 0.184. The smallest absolute Gasteiger partial charge is 0.0738 e. The number of nitrogens with zero attached hydrogens (tertiary/aromatic N) is 3.